The van der Waals surface area contributed by atoms with Crippen LogP contribution in [-0.4, -0.2) is 48.4 Å². The van der Waals surface area contributed by atoms with E-state index in [9.17, 15) is 14.4 Å². The number of thioether (sulfide) groups is 1. The molecule has 0 N–H and O–H groups in total. The number of imide groups is 1. The van der Waals surface area contributed by atoms with E-state index in [1.165, 1.54) is 20.1 Å². The van der Waals surface area contributed by atoms with Gasteiger partial charge in [-0.15, -0.1) is 0 Å². The number of amides is 2. The normalized spacial score (nSPS) is 16.6. The van der Waals surface area contributed by atoms with Crippen molar-refractivity contribution in [2.24, 2.45) is 0 Å². The molecule has 1 atom stereocenters. The zero-order valence-electron chi connectivity index (χ0n) is 15.4. The van der Waals surface area contributed by atoms with E-state index in [0.29, 0.717) is 28.7 Å². The molecule has 27 heavy (non-hydrogen) atoms. The number of halogens is 1. The molecular formula is C18H20ClNO6S. The van der Waals surface area contributed by atoms with Gasteiger partial charge in [-0.1, -0.05) is 11.6 Å². The van der Waals surface area contributed by atoms with Gasteiger partial charge in [0.1, 0.15) is 6.04 Å². The van der Waals surface area contributed by atoms with Crippen molar-refractivity contribution in [3.05, 3.63) is 27.6 Å². The molecule has 1 fully saturated rings. The number of esters is 1. The second-order valence-corrected chi connectivity index (χ2v) is 6.85. The van der Waals surface area contributed by atoms with Gasteiger partial charge in [-0.2, -0.15) is 0 Å². The first-order valence-electron chi connectivity index (χ1n) is 8.28. The molecule has 0 radical (unpaired) electrons. The Morgan fingerprint density at radius 1 is 1.30 bits per heavy atom. The van der Waals surface area contributed by atoms with E-state index in [-0.39, 0.29) is 11.5 Å². The molecule has 146 valence electrons. The van der Waals surface area contributed by atoms with Crippen molar-refractivity contribution in [2.45, 2.75) is 26.8 Å². The Hall–Kier alpha value is -2.19. The van der Waals surface area contributed by atoms with Crippen LogP contribution >= 0.6 is 23.4 Å². The van der Waals surface area contributed by atoms with Gasteiger partial charge in [0.15, 0.2) is 11.5 Å². The smallest absolute Gasteiger partial charge is 0.329 e. The highest BCUT2D eigenvalue weighted by Crippen LogP contribution is 2.39. The number of methoxy groups -OCH3 is 1. The molecule has 0 aromatic heterocycles. The van der Waals surface area contributed by atoms with Gasteiger partial charge in [-0.3, -0.25) is 14.5 Å². The Bertz CT molecular complexity index is 794. The summed E-state index contributed by atoms with van der Waals surface area (Å²) in [6.45, 7) is 5.51. The quantitative estimate of drug-likeness (QED) is 0.497. The van der Waals surface area contributed by atoms with E-state index in [0.717, 1.165) is 16.7 Å². The van der Waals surface area contributed by atoms with Crippen LogP contribution in [0.3, 0.4) is 0 Å². The highest BCUT2D eigenvalue weighted by molar-refractivity contribution is 8.18. The first kappa shape index (κ1) is 21.1. The van der Waals surface area contributed by atoms with Crippen molar-refractivity contribution < 1.29 is 28.6 Å². The van der Waals surface area contributed by atoms with Crippen molar-refractivity contribution in [1.29, 1.82) is 0 Å². The summed E-state index contributed by atoms with van der Waals surface area (Å²) in [4.78, 5) is 37.8. The Labute approximate surface area is 166 Å². The van der Waals surface area contributed by atoms with Crippen molar-refractivity contribution in [1.82, 2.24) is 4.90 Å². The maximum Gasteiger partial charge on any atom is 0.329 e. The number of hydrogen-bond donors (Lipinski definition) is 0. The largest absolute Gasteiger partial charge is 0.493 e. The number of ether oxygens (including phenoxy) is 3. The van der Waals surface area contributed by atoms with Crippen LogP contribution in [0.15, 0.2) is 17.0 Å². The maximum absolute atomic E-state index is 12.6. The van der Waals surface area contributed by atoms with Crippen LogP contribution in [0.4, 0.5) is 4.79 Å². The molecule has 0 spiro atoms. The van der Waals surface area contributed by atoms with E-state index in [1.54, 1.807) is 19.1 Å². The van der Waals surface area contributed by atoms with Crippen molar-refractivity contribution in [3.63, 3.8) is 0 Å². The molecule has 1 aliphatic rings. The van der Waals surface area contributed by atoms with E-state index < -0.39 is 23.2 Å². The molecule has 2 amide bonds. The summed E-state index contributed by atoms with van der Waals surface area (Å²) in [5.41, 5.74) is 0.564. The standard InChI is InChI=1S/C18H20ClNO6S/c1-5-25-15-12(19)7-11(8-13(15)24-4)9-14-16(21)20(18(23)27-14)10(3)17(22)26-6-2/h7-10H,5-6H2,1-4H3/b14-9+/t10-/m0/s1. The fourth-order valence-corrected chi connectivity index (χ4v) is 3.62. The first-order valence-corrected chi connectivity index (χ1v) is 9.47. The van der Waals surface area contributed by atoms with Crippen LogP contribution in [0, 0.1) is 0 Å². The topological polar surface area (TPSA) is 82.1 Å². The number of carbonyl (C=O) groups excluding carboxylic acids is 3. The molecule has 1 aromatic rings. The summed E-state index contributed by atoms with van der Waals surface area (Å²) in [6, 6.07) is 2.26. The van der Waals surface area contributed by atoms with Gasteiger partial charge in [0.05, 0.1) is 30.3 Å². The summed E-state index contributed by atoms with van der Waals surface area (Å²) in [5, 5.41) is -0.211. The second kappa shape index (κ2) is 9.14. The van der Waals surface area contributed by atoms with Crippen molar-refractivity contribution >= 4 is 46.6 Å². The van der Waals surface area contributed by atoms with E-state index in [2.05, 4.69) is 0 Å². The van der Waals surface area contributed by atoms with Gasteiger partial charge >= 0.3 is 5.97 Å². The highest BCUT2D eigenvalue weighted by atomic mass is 35.5. The Kier molecular flexibility index (Phi) is 7.15. The SMILES string of the molecule is CCOC(=O)[C@H](C)N1C(=O)S/C(=C/c2cc(Cl)c(OCC)c(OC)c2)C1=O. The lowest BCUT2D eigenvalue weighted by Gasteiger charge is -2.19. The lowest BCUT2D eigenvalue weighted by Crippen LogP contribution is -2.42. The number of carbonyl (C=O) groups is 3. The van der Waals surface area contributed by atoms with Gasteiger partial charge in [0.25, 0.3) is 11.1 Å². The third kappa shape index (κ3) is 4.56. The summed E-state index contributed by atoms with van der Waals surface area (Å²) >= 11 is 6.98. The lowest BCUT2D eigenvalue weighted by molar-refractivity contribution is -0.150. The molecule has 9 heteroatoms. The summed E-state index contributed by atoms with van der Waals surface area (Å²) in [5.74, 6) is -0.376. The zero-order chi connectivity index (χ0) is 20.1. The molecule has 0 unspecified atom stereocenters. The third-order valence-electron chi connectivity index (χ3n) is 3.68. The van der Waals surface area contributed by atoms with E-state index in [1.807, 2.05) is 6.92 Å². The molecule has 7 nitrogen and oxygen atoms in total. The zero-order valence-corrected chi connectivity index (χ0v) is 17.0. The first-order chi connectivity index (χ1) is 12.8. The van der Waals surface area contributed by atoms with E-state index >= 15 is 0 Å². The Morgan fingerprint density at radius 2 is 2.00 bits per heavy atom. The van der Waals surface area contributed by atoms with Crippen LogP contribution in [0.5, 0.6) is 11.5 Å². The second-order valence-electron chi connectivity index (χ2n) is 5.45. The Balaban J connectivity index is 2.32. The van der Waals surface area contributed by atoms with Gasteiger partial charge in [0.2, 0.25) is 0 Å². The molecule has 0 saturated carbocycles. The number of rotatable bonds is 7. The molecule has 1 aromatic carbocycles. The minimum absolute atomic E-state index is 0.166. The molecular weight excluding hydrogens is 394 g/mol. The molecule has 1 heterocycles. The Morgan fingerprint density at radius 3 is 2.59 bits per heavy atom. The third-order valence-corrected chi connectivity index (χ3v) is 4.84. The van der Waals surface area contributed by atoms with Crippen LogP contribution in [0.1, 0.15) is 26.3 Å². The van der Waals surface area contributed by atoms with E-state index in [4.69, 9.17) is 25.8 Å². The molecule has 0 aliphatic carbocycles. The van der Waals surface area contributed by atoms with Crippen molar-refractivity contribution in [3.8, 4) is 11.5 Å². The van der Waals surface area contributed by atoms with Gasteiger partial charge in [-0.25, -0.2) is 4.79 Å². The van der Waals surface area contributed by atoms with Gasteiger partial charge in [-0.05, 0) is 56.3 Å². The summed E-state index contributed by atoms with van der Waals surface area (Å²) in [7, 11) is 1.48. The minimum Gasteiger partial charge on any atom is -0.493 e. The molecule has 1 aliphatic heterocycles. The summed E-state index contributed by atoms with van der Waals surface area (Å²) < 4.78 is 15.6. The number of nitrogens with zero attached hydrogens (tertiary/aromatic N) is 1. The summed E-state index contributed by atoms with van der Waals surface area (Å²) in [6.07, 6.45) is 1.52. The maximum atomic E-state index is 12.6. The molecule has 0 bridgehead atoms. The number of hydrogen-bond acceptors (Lipinski definition) is 7. The van der Waals surface area contributed by atoms with Gasteiger partial charge in [0, 0.05) is 0 Å². The predicted octanol–water partition coefficient (Wildman–Crippen LogP) is 3.74. The minimum atomic E-state index is -0.998. The fraction of sp³-hybridized carbons (Fsp3) is 0.389. The van der Waals surface area contributed by atoms with Gasteiger partial charge < -0.3 is 14.2 Å². The molecule has 1 saturated heterocycles. The van der Waals surface area contributed by atoms with Crippen LogP contribution in [0.2, 0.25) is 5.02 Å². The van der Waals surface area contributed by atoms with Crippen LogP contribution in [0.25, 0.3) is 6.08 Å². The van der Waals surface area contributed by atoms with Crippen molar-refractivity contribution in [2.75, 3.05) is 20.3 Å². The average Bonchev–Trinajstić information content (AvgIpc) is 2.90. The average molecular weight is 414 g/mol. The van der Waals surface area contributed by atoms with Crippen LogP contribution < -0.4 is 9.47 Å². The molecule has 2 rings (SSSR count). The van der Waals surface area contributed by atoms with Crippen LogP contribution in [-0.2, 0) is 14.3 Å². The lowest BCUT2D eigenvalue weighted by atomic mass is 10.1. The number of benzene rings is 1. The monoisotopic (exact) mass is 413 g/mol. The highest BCUT2D eigenvalue weighted by Gasteiger charge is 2.41. The fourth-order valence-electron chi connectivity index (χ4n) is 2.44. The predicted molar refractivity (Wildman–Crippen MR) is 103 cm³/mol.